The van der Waals surface area contributed by atoms with Crippen LogP contribution in [0.15, 0.2) is 47.4 Å². The highest BCUT2D eigenvalue weighted by Crippen LogP contribution is 2.51. The minimum absolute atomic E-state index is 0. The Labute approximate surface area is 230 Å². The maximum absolute atomic E-state index is 13.9. The van der Waals surface area contributed by atoms with Gasteiger partial charge in [0.1, 0.15) is 0 Å². The summed E-state index contributed by atoms with van der Waals surface area (Å²) in [7, 11) is -7.53. The molecule has 2 aromatic carbocycles. The molecular formula is C27H35F2N3O5S2. The van der Waals surface area contributed by atoms with Crippen molar-refractivity contribution in [3.63, 3.8) is 0 Å². The molecule has 1 saturated heterocycles. The van der Waals surface area contributed by atoms with Gasteiger partial charge in [-0.1, -0.05) is 13.0 Å². The van der Waals surface area contributed by atoms with E-state index in [1.54, 1.807) is 23.1 Å². The molecule has 2 heterocycles. The molecule has 39 heavy (non-hydrogen) atoms. The molecule has 1 amide bonds. The lowest BCUT2D eigenvalue weighted by Gasteiger charge is -2.37. The molecule has 0 atom stereocenters. The predicted octanol–water partition coefficient (Wildman–Crippen LogP) is 4.83. The van der Waals surface area contributed by atoms with Crippen LogP contribution in [0.4, 0.5) is 20.2 Å². The van der Waals surface area contributed by atoms with Gasteiger partial charge in [0.05, 0.1) is 11.2 Å². The number of amides is 1. The molecule has 0 radical (unpaired) electrons. The van der Waals surface area contributed by atoms with Crippen LogP contribution >= 0.6 is 0 Å². The Morgan fingerprint density at radius 2 is 1.67 bits per heavy atom. The molecule has 12 heteroatoms. The van der Waals surface area contributed by atoms with Crippen LogP contribution < -0.4 is 9.62 Å². The van der Waals surface area contributed by atoms with Crippen LogP contribution in [0, 0.1) is 5.92 Å². The Morgan fingerprint density at radius 3 is 2.31 bits per heavy atom. The van der Waals surface area contributed by atoms with Gasteiger partial charge in [0, 0.05) is 56.3 Å². The Balaban J connectivity index is 0.00000370. The molecule has 0 bridgehead atoms. The number of nitrogens with one attached hydrogen (secondary N) is 1. The number of halogens is 2. The van der Waals surface area contributed by atoms with Crippen molar-refractivity contribution in [2.45, 2.75) is 61.7 Å². The third-order valence-electron chi connectivity index (χ3n) is 8.27. The number of carbonyl (C=O) groups excluding carboxylic acids is 1. The second kappa shape index (κ2) is 9.81. The number of anilines is 2. The number of hydrogen-bond acceptors (Lipinski definition) is 5. The molecule has 3 aliphatic rings. The second-order valence-corrected chi connectivity index (χ2v) is 14.9. The van der Waals surface area contributed by atoms with Gasteiger partial charge in [-0.15, -0.1) is 0 Å². The highest BCUT2D eigenvalue weighted by molar-refractivity contribution is 7.92. The zero-order valence-electron chi connectivity index (χ0n) is 22.0. The Bertz CT molecular complexity index is 1500. The average molecular weight is 584 g/mol. The molecule has 8 nitrogen and oxygen atoms in total. The van der Waals surface area contributed by atoms with Crippen molar-refractivity contribution >= 4 is 37.3 Å². The minimum Gasteiger partial charge on any atom is -0.307 e. The predicted molar refractivity (Wildman–Crippen MR) is 147 cm³/mol. The van der Waals surface area contributed by atoms with Gasteiger partial charge in [-0.05, 0) is 73.6 Å². The van der Waals surface area contributed by atoms with E-state index in [4.69, 9.17) is 0 Å². The maximum atomic E-state index is 13.9. The van der Waals surface area contributed by atoms with E-state index in [0.29, 0.717) is 23.8 Å². The summed E-state index contributed by atoms with van der Waals surface area (Å²) in [5.41, 5.74) is 1.89. The number of rotatable bonds is 5. The number of benzene rings is 2. The molecule has 2 fully saturated rings. The Morgan fingerprint density at radius 1 is 1.00 bits per heavy atom. The highest BCUT2D eigenvalue weighted by Gasteiger charge is 2.46. The third-order valence-corrected chi connectivity index (χ3v) is 10.8. The summed E-state index contributed by atoms with van der Waals surface area (Å²) in [6.07, 6.45) is 3.67. The zero-order valence-corrected chi connectivity index (χ0v) is 23.6. The number of sulfonamides is 2. The van der Waals surface area contributed by atoms with Crippen molar-refractivity contribution < 1.29 is 31.8 Å². The number of nitrogens with zero attached hydrogens (tertiary/aromatic N) is 2. The van der Waals surface area contributed by atoms with Crippen LogP contribution in [0.3, 0.4) is 0 Å². The summed E-state index contributed by atoms with van der Waals surface area (Å²) in [6.45, 7) is 2.05. The zero-order chi connectivity index (χ0) is 28.2. The number of hydrogen-bond donors (Lipinski definition) is 1. The maximum Gasteiger partial charge on any atom is 0.258 e. The van der Waals surface area contributed by atoms with E-state index in [9.17, 15) is 30.4 Å². The number of carbonyl (C=O) groups is 1. The van der Waals surface area contributed by atoms with Gasteiger partial charge in [-0.2, -0.15) is 4.31 Å². The first-order valence-electron chi connectivity index (χ1n) is 13.1. The number of fused-ring (bicyclic) bond motifs is 2. The molecule has 1 spiro atoms. The first-order chi connectivity index (χ1) is 18.2. The van der Waals surface area contributed by atoms with Crippen molar-refractivity contribution in [1.29, 1.82) is 0 Å². The van der Waals surface area contributed by atoms with Crippen LogP contribution in [0.25, 0.3) is 0 Å². The normalized spacial score (nSPS) is 25.4. The van der Waals surface area contributed by atoms with Crippen molar-refractivity contribution in [2.75, 3.05) is 35.5 Å². The fourth-order valence-corrected chi connectivity index (χ4v) is 8.06. The van der Waals surface area contributed by atoms with Gasteiger partial charge < -0.3 is 4.90 Å². The first kappa shape index (κ1) is 28.0. The summed E-state index contributed by atoms with van der Waals surface area (Å²) < 4.78 is 80.9. The van der Waals surface area contributed by atoms with E-state index in [0.717, 1.165) is 41.8 Å². The SMILES string of the molecule is CC1CCC2(CC1)CN(C(=O)c1cccc(S(=O)(=O)N3CCC(F)(F)CC3)c1)c1ccc(NS(C)(=O)=O)cc12.[HH]. The van der Waals surface area contributed by atoms with E-state index in [1.165, 1.54) is 18.2 Å². The summed E-state index contributed by atoms with van der Waals surface area (Å²) in [6, 6.07) is 10.9. The average Bonchev–Trinajstić information content (AvgIpc) is 3.17. The lowest BCUT2D eigenvalue weighted by molar-refractivity contribution is -0.0412. The van der Waals surface area contributed by atoms with Gasteiger partial charge in [0.25, 0.3) is 11.8 Å². The van der Waals surface area contributed by atoms with Crippen LogP contribution in [0.2, 0.25) is 0 Å². The molecule has 214 valence electrons. The lowest BCUT2D eigenvalue weighted by Crippen LogP contribution is -2.42. The quantitative estimate of drug-likeness (QED) is 0.543. The monoisotopic (exact) mass is 583 g/mol. The van der Waals surface area contributed by atoms with Gasteiger partial charge in [-0.3, -0.25) is 9.52 Å². The fourth-order valence-electron chi connectivity index (χ4n) is 6.02. The van der Waals surface area contributed by atoms with Crippen molar-refractivity contribution in [3.05, 3.63) is 53.6 Å². The molecule has 0 unspecified atom stereocenters. The molecule has 5 rings (SSSR count). The molecule has 1 aliphatic carbocycles. The molecule has 2 aliphatic heterocycles. The largest absolute Gasteiger partial charge is 0.307 e. The standard InChI is InChI=1S/C27H33F2N3O5S2.H2/c1-19-8-10-26(11-9-19)18-32(24-7-6-21(17-23(24)26)30-38(2,34)35)25(33)20-4-3-5-22(16-20)39(36,37)31-14-12-27(28,29)13-15-31;/h3-7,16-17,19,30H,8-15,18H2,1-2H3;1H. The van der Waals surface area contributed by atoms with Gasteiger partial charge in [-0.25, -0.2) is 25.6 Å². The van der Waals surface area contributed by atoms with E-state index < -0.39 is 38.8 Å². The summed E-state index contributed by atoms with van der Waals surface area (Å²) >= 11 is 0. The van der Waals surface area contributed by atoms with Crippen molar-refractivity contribution in [1.82, 2.24) is 4.31 Å². The lowest BCUT2D eigenvalue weighted by atomic mass is 9.68. The van der Waals surface area contributed by atoms with Crippen LogP contribution in [-0.2, 0) is 25.5 Å². The highest BCUT2D eigenvalue weighted by atomic mass is 32.2. The second-order valence-electron chi connectivity index (χ2n) is 11.2. The Kier molecular flexibility index (Phi) is 7.04. The molecular weight excluding hydrogens is 548 g/mol. The van der Waals surface area contributed by atoms with Crippen LogP contribution in [0.1, 0.15) is 62.8 Å². The minimum atomic E-state index is -4.04. The van der Waals surface area contributed by atoms with E-state index >= 15 is 0 Å². The van der Waals surface area contributed by atoms with Crippen molar-refractivity contribution in [3.8, 4) is 0 Å². The van der Waals surface area contributed by atoms with Crippen LogP contribution in [-0.4, -0.2) is 58.9 Å². The smallest absolute Gasteiger partial charge is 0.258 e. The van der Waals surface area contributed by atoms with E-state index in [2.05, 4.69) is 11.6 Å². The Hall–Kier alpha value is -2.57. The van der Waals surface area contributed by atoms with Gasteiger partial charge >= 0.3 is 0 Å². The number of piperidine rings is 1. The van der Waals surface area contributed by atoms with E-state index in [-0.39, 0.29) is 36.3 Å². The third kappa shape index (κ3) is 5.55. The summed E-state index contributed by atoms with van der Waals surface area (Å²) in [5, 5.41) is 0. The fraction of sp³-hybridized carbons (Fsp3) is 0.519. The number of alkyl halides is 2. The first-order valence-corrected chi connectivity index (χ1v) is 16.4. The molecule has 2 aromatic rings. The van der Waals surface area contributed by atoms with Gasteiger partial charge in [0.2, 0.25) is 20.0 Å². The van der Waals surface area contributed by atoms with Gasteiger partial charge in [0.15, 0.2) is 0 Å². The summed E-state index contributed by atoms with van der Waals surface area (Å²) in [5.74, 6) is -2.69. The van der Waals surface area contributed by atoms with Crippen LogP contribution in [0.5, 0.6) is 0 Å². The molecule has 1 N–H and O–H groups in total. The molecule has 1 saturated carbocycles. The molecule has 0 aromatic heterocycles. The van der Waals surface area contributed by atoms with E-state index in [1.807, 2.05) is 6.07 Å². The summed E-state index contributed by atoms with van der Waals surface area (Å²) in [4.78, 5) is 15.4. The van der Waals surface area contributed by atoms with Crippen molar-refractivity contribution in [2.24, 2.45) is 5.92 Å². The topological polar surface area (TPSA) is 104 Å².